The third-order valence-corrected chi connectivity index (χ3v) is 7.16. The lowest BCUT2D eigenvalue weighted by atomic mass is 9.95. The molecular weight excluding hydrogens is 498 g/mol. The minimum Gasteiger partial charge on any atom is -0.493 e. The Morgan fingerprint density at radius 1 is 1.16 bits per heavy atom. The average molecular weight is 532 g/mol. The zero-order chi connectivity index (χ0) is 26.9. The number of amides is 1. The summed E-state index contributed by atoms with van der Waals surface area (Å²) in [6, 6.07) is 3.68. The highest BCUT2D eigenvalue weighted by molar-refractivity contribution is 8.03. The van der Waals surface area contributed by atoms with Gasteiger partial charge in [0.25, 0.3) is 5.91 Å². The number of thioether (sulfide) groups is 1. The molecule has 0 saturated carbocycles. The number of nitrogens with two attached hydrogens (primary N) is 1. The zero-order valence-corrected chi connectivity index (χ0v) is 22.8. The van der Waals surface area contributed by atoms with Crippen LogP contribution in [-0.4, -0.2) is 42.5 Å². The van der Waals surface area contributed by atoms with E-state index in [4.69, 9.17) is 19.9 Å². The molecule has 2 aliphatic rings. The summed E-state index contributed by atoms with van der Waals surface area (Å²) in [7, 11) is 3.18. The second-order valence-electron chi connectivity index (χ2n) is 8.69. The highest BCUT2D eigenvalue weighted by Gasteiger charge is 2.16. The highest BCUT2D eigenvalue weighted by atomic mass is 32.2. The van der Waals surface area contributed by atoms with E-state index in [0.717, 1.165) is 42.3 Å². The molecule has 1 aromatic carbocycles. The van der Waals surface area contributed by atoms with Crippen molar-refractivity contribution >= 4 is 34.9 Å². The van der Waals surface area contributed by atoms with Crippen LogP contribution in [-0.2, 0) is 9.53 Å². The smallest absolute Gasteiger partial charge is 0.258 e. The maximum atomic E-state index is 12.3. The van der Waals surface area contributed by atoms with E-state index in [0.29, 0.717) is 28.8 Å². The monoisotopic (exact) mass is 531 g/mol. The van der Waals surface area contributed by atoms with Crippen LogP contribution in [0.15, 0.2) is 94.5 Å². The lowest BCUT2D eigenvalue weighted by Crippen LogP contribution is -2.15. The van der Waals surface area contributed by atoms with Crippen LogP contribution in [0, 0.1) is 0 Å². The van der Waals surface area contributed by atoms with Crippen molar-refractivity contribution in [2.45, 2.75) is 25.7 Å². The normalized spacial score (nSPS) is 16.3. The van der Waals surface area contributed by atoms with Gasteiger partial charge in [-0.3, -0.25) is 4.79 Å². The molecule has 0 fully saturated rings. The van der Waals surface area contributed by atoms with E-state index in [9.17, 15) is 4.79 Å². The van der Waals surface area contributed by atoms with Crippen molar-refractivity contribution in [2.75, 3.05) is 27.1 Å². The Morgan fingerprint density at radius 2 is 1.97 bits per heavy atom. The molecule has 0 saturated heterocycles. The van der Waals surface area contributed by atoms with Gasteiger partial charge in [-0.15, -0.1) is 11.8 Å². The summed E-state index contributed by atoms with van der Waals surface area (Å²) in [4.78, 5) is 17.1. The number of carbonyl (C=O) groups is 1. The maximum Gasteiger partial charge on any atom is 0.258 e. The molecule has 0 spiro atoms. The molecule has 2 aliphatic carbocycles. The van der Waals surface area contributed by atoms with Gasteiger partial charge in [-0.2, -0.15) is 0 Å². The van der Waals surface area contributed by atoms with Gasteiger partial charge in [0.2, 0.25) is 0 Å². The first-order valence-electron chi connectivity index (χ1n) is 12.5. The van der Waals surface area contributed by atoms with Crippen LogP contribution in [0.3, 0.4) is 0 Å². The molecule has 0 unspecified atom stereocenters. The lowest BCUT2D eigenvalue weighted by Gasteiger charge is -2.16. The summed E-state index contributed by atoms with van der Waals surface area (Å²) in [5, 5.41) is 0. The van der Waals surface area contributed by atoms with Crippen LogP contribution < -0.4 is 15.2 Å². The van der Waals surface area contributed by atoms with E-state index < -0.39 is 5.91 Å². The Hall–Kier alpha value is -3.91. The fourth-order valence-electron chi connectivity index (χ4n) is 4.44. The number of rotatable bonds is 10. The summed E-state index contributed by atoms with van der Waals surface area (Å²) >= 11 is 1.26. The van der Waals surface area contributed by atoms with Gasteiger partial charge in [-0.1, -0.05) is 42.5 Å². The van der Waals surface area contributed by atoms with Crippen molar-refractivity contribution in [2.24, 2.45) is 5.73 Å². The van der Waals surface area contributed by atoms with Gasteiger partial charge in [0.05, 0.1) is 31.6 Å². The number of hydrogen-bond donors (Lipinski definition) is 1. The second-order valence-corrected chi connectivity index (χ2v) is 9.51. The predicted octanol–water partition coefficient (Wildman–Crippen LogP) is 6.08. The van der Waals surface area contributed by atoms with E-state index in [1.807, 2.05) is 23.0 Å². The molecule has 4 rings (SSSR count). The molecule has 7 nitrogen and oxygen atoms in total. The van der Waals surface area contributed by atoms with Crippen molar-refractivity contribution in [1.82, 2.24) is 9.55 Å². The number of primary amides is 1. The van der Waals surface area contributed by atoms with E-state index in [1.54, 1.807) is 32.8 Å². The van der Waals surface area contributed by atoms with Crippen LogP contribution in [0.4, 0.5) is 0 Å². The van der Waals surface area contributed by atoms with E-state index in [-0.39, 0.29) is 0 Å². The first-order valence-corrected chi connectivity index (χ1v) is 13.7. The molecule has 2 aromatic rings. The summed E-state index contributed by atoms with van der Waals surface area (Å²) in [6.45, 7) is 0.317. The zero-order valence-electron chi connectivity index (χ0n) is 22.0. The average Bonchev–Trinajstić information content (AvgIpc) is 3.10. The van der Waals surface area contributed by atoms with Gasteiger partial charge >= 0.3 is 0 Å². The van der Waals surface area contributed by atoms with E-state index >= 15 is 0 Å². The van der Waals surface area contributed by atoms with Gasteiger partial charge in [0.15, 0.2) is 11.5 Å². The molecule has 38 heavy (non-hydrogen) atoms. The van der Waals surface area contributed by atoms with E-state index in [1.165, 1.54) is 22.9 Å². The SMILES string of the molecule is COc1cc2ncn(/C=C/C(OCC3=C(C4=CCC=CC=C4)CCCC=C3)=C(\SC)C(N)=O)c2cc1OC. The van der Waals surface area contributed by atoms with Gasteiger partial charge in [0.1, 0.15) is 17.3 Å². The molecule has 2 N–H and O–H groups in total. The summed E-state index contributed by atoms with van der Waals surface area (Å²) < 4.78 is 19.0. The summed E-state index contributed by atoms with van der Waals surface area (Å²) in [5.74, 6) is 1.07. The van der Waals surface area contributed by atoms with Crippen LogP contribution in [0.1, 0.15) is 25.7 Å². The third-order valence-electron chi connectivity index (χ3n) is 6.35. The Morgan fingerprint density at radius 3 is 2.74 bits per heavy atom. The first-order chi connectivity index (χ1) is 18.5. The Bertz CT molecular complexity index is 1410. The molecule has 198 valence electrons. The molecule has 0 radical (unpaired) electrons. The second kappa shape index (κ2) is 13.1. The van der Waals surface area contributed by atoms with Crippen LogP contribution in [0.25, 0.3) is 17.2 Å². The minimum atomic E-state index is -0.537. The van der Waals surface area contributed by atoms with Crippen LogP contribution in [0.2, 0.25) is 0 Å². The molecular formula is C30H33N3O4S. The molecule has 1 amide bonds. The fraction of sp³-hybridized carbons (Fsp3) is 0.267. The van der Waals surface area contributed by atoms with Crippen LogP contribution in [0.5, 0.6) is 11.5 Å². The fourth-order valence-corrected chi connectivity index (χ4v) is 4.97. The predicted molar refractivity (Wildman–Crippen MR) is 155 cm³/mol. The Labute approximate surface area is 227 Å². The lowest BCUT2D eigenvalue weighted by molar-refractivity contribution is -0.114. The first kappa shape index (κ1) is 27.1. The number of carbonyl (C=O) groups excluding carboxylic acids is 1. The largest absolute Gasteiger partial charge is 0.493 e. The van der Waals surface area contributed by atoms with Crippen molar-refractivity contribution in [3.05, 3.63) is 94.5 Å². The number of hydrogen-bond acceptors (Lipinski definition) is 6. The van der Waals surface area contributed by atoms with Crippen molar-refractivity contribution in [3.63, 3.8) is 0 Å². The third kappa shape index (κ3) is 6.31. The molecule has 1 heterocycles. The number of nitrogens with zero attached hydrogens (tertiary/aromatic N) is 2. The van der Waals surface area contributed by atoms with Crippen molar-refractivity contribution < 1.29 is 19.0 Å². The number of benzene rings is 1. The van der Waals surface area contributed by atoms with Gasteiger partial charge in [-0.25, -0.2) is 4.98 Å². The molecule has 0 bridgehead atoms. The summed E-state index contributed by atoms with van der Waals surface area (Å²) in [6.07, 6.45) is 26.0. The number of aromatic nitrogens is 2. The molecule has 0 aliphatic heterocycles. The molecule has 0 atom stereocenters. The van der Waals surface area contributed by atoms with Gasteiger partial charge < -0.3 is 24.5 Å². The number of methoxy groups -OCH3 is 2. The number of imidazole rings is 1. The molecule has 1 aromatic heterocycles. The van der Waals surface area contributed by atoms with Crippen molar-refractivity contribution in [1.29, 1.82) is 0 Å². The number of allylic oxidation sites excluding steroid dienone is 9. The standard InChI is InChI=1S/C30H33N3O4S/c1-35-27-17-24-25(18-28(27)36-2)33(20-32-24)16-15-26(29(38-3)30(31)34)37-19-22-13-9-6-10-14-23(22)21-11-7-4-5-8-12-21/h4-5,7,9,11-13,15-18,20H,6,8,10,14,19H2,1-3H3,(H2,31,34)/b16-15+,29-26+. The molecule has 8 heteroatoms. The Balaban J connectivity index is 1.67. The van der Waals surface area contributed by atoms with Gasteiger partial charge in [0, 0.05) is 18.3 Å². The highest BCUT2D eigenvalue weighted by Crippen LogP contribution is 2.32. The topological polar surface area (TPSA) is 88.6 Å². The summed E-state index contributed by atoms with van der Waals surface area (Å²) in [5.41, 5.74) is 10.9. The maximum absolute atomic E-state index is 12.3. The number of ether oxygens (including phenoxy) is 3. The quantitative estimate of drug-likeness (QED) is 0.227. The minimum absolute atomic E-state index is 0.317. The van der Waals surface area contributed by atoms with Crippen molar-refractivity contribution in [3.8, 4) is 11.5 Å². The van der Waals surface area contributed by atoms with Crippen LogP contribution >= 0.6 is 11.8 Å². The number of fused-ring (bicyclic) bond motifs is 1. The van der Waals surface area contributed by atoms with Gasteiger partial charge in [-0.05, 0) is 54.7 Å². The van der Waals surface area contributed by atoms with E-state index in [2.05, 4.69) is 47.5 Å². The Kier molecular flexibility index (Phi) is 9.32.